The van der Waals surface area contributed by atoms with E-state index in [1.54, 1.807) is 13.8 Å². The van der Waals surface area contributed by atoms with E-state index in [2.05, 4.69) is 11.8 Å². The summed E-state index contributed by atoms with van der Waals surface area (Å²) in [5.41, 5.74) is -0.774. The summed E-state index contributed by atoms with van der Waals surface area (Å²) in [4.78, 5) is 18.6. The Balaban J connectivity index is 2.48. The van der Waals surface area contributed by atoms with E-state index in [9.17, 15) is 9.90 Å². The van der Waals surface area contributed by atoms with Gasteiger partial charge < -0.3 is 14.9 Å². The van der Waals surface area contributed by atoms with Crippen molar-refractivity contribution in [3.05, 3.63) is 0 Å². The summed E-state index contributed by atoms with van der Waals surface area (Å²) in [6.45, 7) is 12.7. The molecular formula is C14H29N3O2. The molecule has 0 saturated carbocycles. The van der Waals surface area contributed by atoms with E-state index >= 15 is 0 Å². The van der Waals surface area contributed by atoms with E-state index in [0.717, 1.165) is 32.7 Å². The largest absolute Gasteiger partial charge is 0.389 e. The molecule has 1 aliphatic rings. The standard InChI is InChI=1S/C14H29N3O2/c1-6-16-7-9-17(10-8-16)13(18)12(2)15(5)11-14(3,4)19/h12,19H,6-11H2,1-5H3. The van der Waals surface area contributed by atoms with Crippen LogP contribution in [0.15, 0.2) is 0 Å². The second-order valence-electron chi connectivity index (χ2n) is 6.16. The summed E-state index contributed by atoms with van der Waals surface area (Å²) >= 11 is 0. The first-order valence-electron chi connectivity index (χ1n) is 7.18. The van der Waals surface area contributed by atoms with Crippen LogP contribution in [0.4, 0.5) is 0 Å². The van der Waals surface area contributed by atoms with Gasteiger partial charge in [0.2, 0.25) is 5.91 Å². The molecule has 1 N–H and O–H groups in total. The number of rotatable bonds is 5. The number of hydrogen-bond donors (Lipinski definition) is 1. The fourth-order valence-corrected chi connectivity index (χ4v) is 2.48. The van der Waals surface area contributed by atoms with Crippen LogP contribution in [0.5, 0.6) is 0 Å². The molecule has 1 rings (SSSR count). The van der Waals surface area contributed by atoms with Gasteiger partial charge in [-0.05, 0) is 34.4 Å². The summed E-state index contributed by atoms with van der Waals surface area (Å²) < 4.78 is 0. The normalized spacial score (nSPS) is 19.8. The summed E-state index contributed by atoms with van der Waals surface area (Å²) in [5, 5.41) is 9.82. The minimum absolute atomic E-state index is 0.169. The predicted octanol–water partition coefficient (Wildman–Crippen LogP) is 0.242. The number of piperazine rings is 1. The van der Waals surface area contributed by atoms with Crippen LogP contribution in [0.1, 0.15) is 27.7 Å². The highest BCUT2D eigenvalue weighted by atomic mass is 16.3. The minimum Gasteiger partial charge on any atom is -0.389 e. The summed E-state index contributed by atoms with van der Waals surface area (Å²) in [5.74, 6) is 0.169. The van der Waals surface area contributed by atoms with Gasteiger partial charge in [0.1, 0.15) is 0 Å². The van der Waals surface area contributed by atoms with Crippen LogP contribution in [0.25, 0.3) is 0 Å². The molecule has 1 unspecified atom stereocenters. The first-order chi connectivity index (χ1) is 8.74. The van der Waals surface area contributed by atoms with Crippen LogP contribution in [-0.4, -0.2) is 83.7 Å². The van der Waals surface area contributed by atoms with Crippen LogP contribution in [0, 0.1) is 0 Å². The Morgan fingerprint density at radius 2 is 1.84 bits per heavy atom. The average Bonchev–Trinajstić information content (AvgIpc) is 2.35. The number of aliphatic hydroxyl groups is 1. The van der Waals surface area contributed by atoms with Gasteiger partial charge >= 0.3 is 0 Å². The highest BCUT2D eigenvalue weighted by Crippen LogP contribution is 2.10. The van der Waals surface area contributed by atoms with Gasteiger partial charge in [0.05, 0.1) is 11.6 Å². The third-order valence-corrected chi connectivity index (χ3v) is 3.79. The van der Waals surface area contributed by atoms with Crippen molar-refractivity contribution in [2.75, 3.05) is 46.3 Å². The molecule has 1 heterocycles. The lowest BCUT2D eigenvalue weighted by atomic mass is 10.1. The first-order valence-corrected chi connectivity index (χ1v) is 7.18. The van der Waals surface area contributed by atoms with Gasteiger partial charge in [0.15, 0.2) is 0 Å². The maximum atomic E-state index is 12.4. The minimum atomic E-state index is -0.774. The molecule has 1 atom stereocenters. The lowest BCUT2D eigenvalue weighted by Gasteiger charge is -2.38. The van der Waals surface area contributed by atoms with Gasteiger partial charge in [-0.3, -0.25) is 9.69 Å². The molecule has 112 valence electrons. The topological polar surface area (TPSA) is 47.0 Å². The van der Waals surface area contributed by atoms with E-state index in [-0.39, 0.29) is 11.9 Å². The molecule has 19 heavy (non-hydrogen) atoms. The van der Waals surface area contributed by atoms with Gasteiger partial charge in [-0.25, -0.2) is 0 Å². The van der Waals surface area contributed by atoms with Crippen LogP contribution >= 0.6 is 0 Å². The number of hydrogen-bond acceptors (Lipinski definition) is 4. The fourth-order valence-electron chi connectivity index (χ4n) is 2.48. The fraction of sp³-hybridized carbons (Fsp3) is 0.929. The molecule has 0 aromatic rings. The Hall–Kier alpha value is -0.650. The quantitative estimate of drug-likeness (QED) is 0.778. The van der Waals surface area contributed by atoms with Crippen LogP contribution in [0.3, 0.4) is 0 Å². The molecule has 5 heteroatoms. The van der Waals surface area contributed by atoms with E-state index in [1.165, 1.54) is 0 Å². The zero-order chi connectivity index (χ0) is 14.6. The number of carbonyl (C=O) groups is 1. The molecule has 1 amide bonds. The molecule has 1 saturated heterocycles. The Bertz CT molecular complexity index is 294. The molecule has 0 aromatic heterocycles. The highest BCUT2D eigenvalue weighted by Gasteiger charge is 2.28. The zero-order valence-corrected chi connectivity index (χ0v) is 13.0. The molecule has 1 fully saturated rings. The first kappa shape index (κ1) is 16.4. The third-order valence-electron chi connectivity index (χ3n) is 3.79. The summed E-state index contributed by atoms with van der Waals surface area (Å²) in [7, 11) is 1.89. The maximum Gasteiger partial charge on any atom is 0.239 e. The number of nitrogens with zero attached hydrogens (tertiary/aromatic N) is 3. The van der Waals surface area contributed by atoms with Crippen LogP contribution < -0.4 is 0 Å². The van der Waals surface area contributed by atoms with Crippen molar-refractivity contribution in [1.29, 1.82) is 0 Å². The molecule has 0 bridgehead atoms. The van der Waals surface area contributed by atoms with Crippen molar-refractivity contribution in [1.82, 2.24) is 14.7 Å². The lowest BCUT2D eigenvalue weighted by molar-refractivity contribution is -0.138. The Kier molecular flexibility index (Phi) is 5.77. The van der Waals surface area contributed by atoms with E-state index in [1.807, 2.05) is 23.8 Å². The molecule has 0 radical (unpaired) electrons. The molecule has 0 aliphatic carbocycles. The van der Waals surface area contributed by atoms with Crippen molar-refractivity contribution < 1.29 is 9.90 Å². The van der Waals surface area contributed by atoms with Gasteiger partial charge in [-0.15, -0.1) is 0 Å². The Morgan fingerprint density at radius 3 is 2.26 bits per heavy atom. The molecule has 1 aliphatic heterocycles. The molecule has 5 nitrogen and oxygen atoms in total. The Labute approximate surface area is 117 Å². The van der Waals surface area contributed by atoms with Crippen molar-refractivity contribution in [3.8, 4) is 0 Å². The number of likely N-dealkylation sites (N-methyl/N-ethyl adjacent to an activating group) is 2. The van der Waals surface area contributed by atoms with E-state index in [0.29, 0.717) is 6.54 Å². The van der Waals surface area contributed by atoms with Crippen molar-refractivity contribution in [2.45, 2.75) is 39.3 Å². The van der Waals surface area contributed by atoms with Gasteiger partial charge in [-0.1, -0.05) is 6.92 Å². The van der Waals surface area contributed by atoms with Crippen molar-refractivity contribution in [2.24, 2.45) is 0 Å². The Morgan fingerprint density at radius 1 is 1.32 bits per heavy atom. The van der Waals surface area contributed by atoms with Crippen LogP contribution in [-0.2, 0) is 4.79 Å². The van der Waals surface area contributed by atoms with E-state index in [4.69, 9.17) is 0 Å². The molecule has 0 spiro atoms. The summed E-state index contributed by atoms with van der Waals surface area (Å²) in [6.07, 6.45) is 0. The van der Waals surface area contributed by atoms with Crippen molar-refractivity contribution in [3.63, 3.8) is 0 Å². The maximum absolute atomic E-state index is 12.4. The van der Waals surface area contributed by atoms with Crippen molar-refractivity contribution >= 4 is 5.91 Å². The van der Waals surface area contributed by atoms with E-state index < -0.39 is 5.60 Å². The third kappa shape index (κ3) is 5.09. The predicted molar refractivity (Wildman–Crippen MR) is 77.1 cm³/mol. The highest BCUT2D eigenvalue weighted by molar-refractivity contribution is 5.81. The number of amides is 1. The average molecular weight is 271 g/mol. The second kappa shape index (κ2) is 6.68. The van der Waals surface area contributed by atoms with Gasteiger partial charge in [-0.2, -0.15) is 0 Å². The summed E-state index contributed by atoms with van der Waals surface area (Å²) in [6, 6.07) is -0.181. The lowest BCUT2D eigenvalue weighted by Crippen LogP contribution is -2.54. The smallest absolute Gasteiger partial charge is 0.239 e. The zero-order valence-electron chi connectivity index (χ0n) is 13.0. The molecular weight excluding hydrogens is 242 g/mol. The van der Waals surface area contributed by atoms with Gasteiger partial charge in [0.25, 0.3) is 0 Å². The monoisotopic (exact) mass is 271 g/mol. The second-order valence-corrected chi connectivity index (χ2v) is 6.16. The van der Waals surface area contributed by atoms with Gasteiger partial charge in [0, 0.05) is 32.7 Å². The SMILES string of the molecule is CCN1CCN(C(=O)C(C)N(C)CC(C)(C)O)CC1. The number of carbonyl (C=O) groups excluding carboxylic acids is 1. The van der Waals surface area contributed by atoms with Crippen LogP contribution in [0.2, 0.25) is 0 Å². The molecule has 0 aromatic carbocycles.